The van der Waals surface area contributed by atoms with E-state index in [0.29, 0.717) is 23.8 Å². The van der Waals surface area contributed by atoms with Crippen LogP contribution in [0.1, 0.15) is 59.8 Å². The van der Waals surface area contributed by atoms with Crippen LogP contribution in [0.5, 0.6) is 0 Å². The van der Waals surface area contributed by atoms with Gasteiger partial charge in [0.15, 0.2) is 0 Å². The molecule has 3 heteroatoms. The molecule has 3 nitrogen and oxygen atoms in total. The Morgan fingerprint density at radius 2 is 1.83 bits per heavy atom. The number of amides is 1. The van der Waals surface area contributed by atoms with E-state index >= 15 is 0 Å². The van der Waals surface area contributed by atoms with Gasteiger partial charge in [-0.2, -0.15) is 0 Å². The second kappa shape index (κ2) is 5.60. The van der Waals surface area contributed by atoms with Crippen LogP contribution in [-0.4, -0.2) is 29.1 Å². The van der Waals surface area contributed by atoms with Crippen molar-refractivity contribution < 1.29 is 4.79 Å². The van der Waals surface area contributed by atoms with E-state index in [1.54, 1.807) is 0 Å². The fraction of sp³-hybridized carbons (Fsp3) is 0.933. The van der Waals surface area contributed by atoms with Crippen LogP contribution < -0.4 is 5.32 Å². The fourth-order valence-electron chi connectivity index (χ4n) is 3.54. The Labute approximate surface area is 111 Å². The van der Waals surface area contributed by atoms with E-state index in [2.05, 4.69) is 31.0 Å². The van der Waals surface area contributed by atoms with Crippen molar-refractivity contribution in [1.82, 2.24) is 10.2 Å². The minimum atomic E-state index is -0.00662. The molecule has 1 amide bonds. The maximum atomic E-state index is 12.4. The molecule has 0 aromatic carbocycles. The molecule has 1 aliphatic heterocycles. The Bertz CT molecular complexity index is 303. The first-order chi connectivity index (χ1) is 8.52. The second-order valence-electron chi connectivity index (χ2n) is 6.51. The number of carbonyl (C=O) groups is 1. The van der Waals surface area contributed by atoms with E-state index in [0.717, 1.165) is 0 Å². The number of rotatable bonds is 2. The smallest absolute Gasteiger partial charge is 0.240 e. The lowest BCUT2D eigenvalue weighted by Crippen LogP contribution is -2.49. The minimum absolute atomic E-state index is 0.00662. The zero-order valence-corrected chi connectivity index (χ0v) is 12.3. The third kappa shape index (κ3) is 2.56. The predicted octanol–water partition coefficient (Wildman–Crippen LogP) is 2.76. The number of nitrogens with one attached hydrogen (secondary N) is 1. The molecular formula is C15H28N2O. The number of carbonyl (C=O) groups excluding carboxylic acids is 1. The van der Waals surface area contributed by atoms with Crippen LogP contribution in [0.4, 0.5) is 0 Å². The normalized spacial score (nSPS) is 38.3. The summed E-state index contributed by atoms with van der Waals surface area (Å²) in [5.41, 5.74) is 0. The molecular weight excluding hydrogens is 224 g/mol. The molecule has 1 saturated heterocycles. The molecule has 0 spiro atoms. The van der Waals surface area contributed by atoms with Gasteiger partial charge in [0.05, 0.1) is 12.2 Å². The molecule has 0 radical (unpaired) electrons. The highest BCUT2D eigenvalue weighted by molar-refractivity contribution is 5.84. The van der Waals surface area contributed by atoms with Crippen molar-refractivity contribution in [3.63, 3.8) is 0 Å². The van der Waals surface area contributed by atoms with Gasteiger partial charge in [-0.25, -0.2) is 0 Å². The van der Waals surface area contributed by atoms with Crippen LogP contribution in [0.25, 0.3) is 0 Å². The summed E-state index contributed by atoms with van der Waals surface area (Å²) in [7, 11) is 0. The highest BCUT2D eigenvalue weighted by Crippen LogP contribution is 2.32. The van der Waals surface area contributed by atoms with Crippen molar-refractivity contribution >= 4 is 5.91 Å². The lowest BCUT2D eigenvalue weighted by molar-refractivity contribution is -0.134. The van der Waals surface area contributed by atoms with Crippen LogP contribution >= 0.6 is 0 Å². The highest BCUT2D eigenvalue weighted by Gasteiger charge is 2.43. The fourth-order valence-corrected chi connectivity index (χ4v) is 3.54. The Morgan fingerprint density at radius 3 is 2.50 bits per heavy atom. The van der Waals surface area contributed by atoms with Gasteiger partial charge < -0.3 is 4.90 Å². The Balaban J connectivity index is 2.19. The molecule has 4 unspecified atom stereocenters. The van der Waals surface area contributed by atoms with Crippen molar-refractivity contribution in [2.75, 3.05) is 0 Å². The lowest BCUT2D eigenvalue weighted by atomic mass is 9.94. The molecule has 4 atom stereocenters. The predicted molar refractivity (Wildman–Crippen MR) is 74.1 cm³/mol. The highest BCUT2D eigenvalue weighted by atomic mass is 16.2. The minimum Gasteiger partial charge on any atom is -0.322 e. The van der Waals surface area contributed by atoms with Crippen molar-refractivity contribution in [3.8, 4) is 0 Å². The van der Waals surface area contributed by atoms with E-state index < -0.39 is 0 Å². The molecule has 2 rings (SSSR count). The topological polar surface area (TPSA) is 32.3 Å². The summed E-state index contributed by atoms with van der Waals surface area (Å²) in [6.45, 7) is 8.73. The summed E-state index contributed by atoms with van der Waals surface area (Å²) in [6.07, 6.45) is 6.63. The summed E-state index contributed by atoms with van der Waals surface area (Å²) >= 11 is 0. The van der Waals surface area contributed by atoms with Gasteiger partial charge >= 0.3 is 0 Å². The van der Waals surface area contributed by atoms with E-state index in [-0.39, 0.29) is 12.2 Å². The summed E-state index contributed by atoms with van der Waals surface area (Å²) in [6, 6.07) is 0.442. The molecule has 2 aliphatic rings. The maximum Gasteiger partial charge on any atom is 0.240 e. The van der Waals surface area contributed by atoms with Crippen molar-refractivity contribution in [1.29, 1.82) is 0 Å². The zero-order valence-electron chi connectivity index (χ0n) is 12.3. The van der Waals surface area contributed by atoms with Gasteiger partial charge in [-0.1, -0.05) is 40.0 Å². The largest absolute Gasteiger partial charge is 0.322 e. The third-order valence-electron chi connectivity index (χ3n) is 4.65. The van der Waals surface area contributed by atoms with Gasteiger partial charge in [0, 0.05) is 6.04 Å². The number of hydrogen-bond donors (Lipinski definition) is 1. The second-order valence-corrected chi connectivity index (χ2v) is 6.51. The SMILES string of the molecule is CC1NC(C(C)C)N(C2CCCCCC2C)C1=O. The molecule has 1 N–H and O–H groups in total. The molecule has 104 valence electrons. The molecule has 2 fully saturated rings. The molecule has 0 aromatic rings. The molecule has 1 saturated carbocycles. The Hall–Kier alpha value is -0.570. The first kappa shape index (κ1) is 13.9. The quantitative estimate of drug-likeness (QED) is 0.766. The first-order valence-corrected chi connectivity index (χ1v) is 7.60. The average molecular weight is 252 g/mol. The van der Waals surface area contributed by atoms with Crippen LogP contribution in [0.2, 0.25) is 0 Å². The average Bonchev–Trinajstić information content (AvgIpc) is 2.50. The Kier molecular flexibility index (Phi) is 4.31. The van der Waals surface area contributed by atoms with Gasteiger partial charge in [0.25, 0.3) is 0 Å². The van der Waals surface area contributed by atoms with Gasteiger partial charge in [-0.15, -0.1) is 0 Å². The standard InChI is InChI=1S/C15H28N2O/c1-10(2)14-16-12(4)15(18)17(14)13-9-7-5-6-8-11(13)3/h10-14,16H,5-9H2,1-4H3. The number of nitrogens with zero attached hydrogens (tertiary/aromatic N) is 1. The van der Waals surface area contributed by atoms with Crippen LogP contribution in [0, 0.1) is 11.8 Å². The summed E-state index contributed by atoms with van der Waals surface area (Å²) in [5.74, 6) is 1.44. The van der Waals surface area contributed by atoms with E-state index in [9.17, 15) is 4.79 Å². The molecule has 0 bridgehead atoms. The molecule has 1 heterocycles. The van der Waals surface area contributed by atoms with Crippen molar-refractivity contribution in [3.05, 3.63) is 0 Å². The van der Waals surface area contributed by atoms with Crippen LogP contribution in [0.15, 0.2) is 0 Å². The number of hydrogen-bond acceptors (Lipinski definition) is 2. The Morgan fingerprint density at radius 1 is 1.17 bits per heavy atom. The van der Waals surface area contributed by atoms with Crippen LogP contribution in [-0.2, 0) is 4.79 Å². The summed E-state index contributed by atoms with van der Waals surface area (Å²) in [4.78, 5) is 14.6. The van der Waals surface area contributed by atoms with Crippen LogP contribution in [0.3, 0.4) is 0 Å². The van der Waals surface area contributed by atoms with E-state index in [1.807, 2.05) is 6.92 Å². The van der Waals surface area contributed by atoms with Gasteiger partial charge in [-0.3, -0.25) is 10.1 Å². The zero-order chi connectivity index (χ0) is 13.3. The van der Waals surface area contributed by atoms with Gasteiger partial charge in [-0.05, 0) is 31.6 Å². The van der Waals surface area contributed by atoms with Gasteiger partial charge in [0.2, 0.25) is 5.91 Å². The van der Waals surface area contributed by atoms with E-state index in [4.69, 9.17) is 0 Å². The maximum absolute atomic E-state index is 12.4. The summed E-state index contributed by atoms with van der Waals surface area (Å²) in [5, 5.41) is 3.47. The molecule has 1 aliphatic carbocycles. The summed E-state index contributed by atoms with van der Waals surface area (Å²) < 4.78 is 0. The molecule has 18 heavy (non-hydrogen) atoms. The van der Waals surface area contributed by atoms with Crippen molar-refractivity contribution in [2.24, 2.45) is 11.8 Å². The monoisotopic (exact) mass is 252 g/mol. The van der Waals surface area contributed by atoms with Crippen molar-refractivity contribution in [2.45, 2.75) is 78.0 Å². The molecule has 0 aromatic heterocycles. The third-order valence-corrected chi connectivity index (χ3v) is 4.65. The first-order valence-electron chi connectivity index (χ1n) is 7.60. The van der Waals surface area contributed by atoms with Gasteiger partial charge in [0.1, 0.15) is 0 Å². The lowest BCUT2D eigenvalue weighted by Gasteiger charge is -2.37. The van der Waals surface area contributed by atoms with E-state index in [1.165, 1.54) is 32.1 Å².